The van der Waals surface area contributed by atoms with Crippen LogP contribution in [0.5, 0.6) is 5.75 Å². The first-order chi connectivity index (χ1) is 11.5. The molecule has 7 nitrogen and oxygen atoms in total. The molecule has 0 aliphatic carbocycles. The molecule has 1 aliphatic heterocycles. The van der Waals surface area contributed by atoms with Gasteiger partial charge in [-0.25, -0.2) is 13.1 Å². The summed E-state index contributed by atoms with van der Waals surface area (Å²) < 4.78 is 31.9. The van der Waals surface area contributed by atoms with E-state index < -0.39 is 10.0 Å². The van der Waals surface area contributed by atoms with Gasteiger partial charge in [0.25, 0.3) is 0 Å². The molecule has 134 valence electrons. The van der Waals surface area contributed by atoms with Gasteiger partial charge in [-0.1, -0.05) is 0 Å². The third-order valence-corrected chi connectivity index (χ3v) is 5.73. The van der Waals surface area contributed by atoms with E-state index in [0.29, 0.717) is 11.8 Å². The molecule has 1 aromatic carbocycles. The molecule has 1 amide bonds. The fourth-order valence-corrected chi connectivity index (χ4v) is 3.74. The monoisotopic (exact) mass is 355 g/mol. The highest BCUT2D eigenvalue weighted by molar-refractivity contribution is 7.89. The van der Waals surface area contributed by atoms with Crippen molar-refractivity contribution >= 4 is 15.9 Å². The van der Waals surface area contributed by atoms with Crippen molar-refractivity contribution in [2.45, 2.75) is 30.2 Å². The second-order valence-electron chi connectivity index (χ2n) is 5.77. The molecule has 0 unspecified atom stereocenters. The van der Waals surface area contributed by atoms with Crippen LogP contribution in [0.2, 0.25) is 0 Å². The standard InChI is InChI=1S/C16H25N3O4S/c1-17-13-8-11-19(12-9-13)16(20)7-10-18-24(21,22)15-5-3-14(23-2)4-6-15/h3-6,13,17-18H,7-12H2,1-2H3. The summed E-state index contributed by atoms with van der Waals surface area (Å²) in [5.41, 5.74) is 0. The zero-order valence-electron chi connectivity index (χ0n) is 14.1. The number of nitrogens with one attached hydrogen (secondary N) is 2. The molecule has 1 heterocycles. The lowest BCUT2D eigenvalue weighted by atomic mass is 10.1. The number of methoxy groups -OCH3 is 1. The Bertz CT molecular complexity index is 638. The van der Waals surface area contributed by atoms with Crippen LogP contribution in [0.4, 0.5) is 0 Å². The van der Waals surface area contributed by atoms with Crippen LogP contribution < -0.4 is 14.8 Å². The molecule has 0 radical (unpaired) electrons. The summed E-state index contributed by atoms with van der Waals surface area (Å²) in [6, 6.07) is 6.59. The van der Waals surface area contributed by atoms with E-state index in [0.717, 1.165) is 25.9 Å². The summed E-state index contributed by atoms with van der Waals surface area (Å²) in [6.07, 6.45) is 2.03. The smallest absolute Gasteiger partial charge is 0.240 e. The molecule has 1 aromatic rings. The maximum absolute atomic E-state index is 12.2. The number of ether oxygens (including phenoxy) is 1. The maximum atomic E-state index is 12.2. The van der Waals surface area contributed by atoms with Crippen molar-refractivity contribution in [3.8, 4) is 5.75 Å². The van der Waals surface area contributed by atoms with Crippen LogP contribution >= 0.6 is 0 Å². The average molecular weight is 355 g/mol. The van der Waals surface area contributed by atoms with Crippen LogP contribution in [-0.2, 0) is 14.8 Å². The number of nitrogens with zero attached hydrogens (tertiary/aromatic N) is 1. The van der Waals surface area contributed by atoms with Gasteiger partial charge in [0.2, 0.25) is 15.9 Å². The van der Waals surface area contributed by atoms with Crippen LogP contribution in [-0.4, -0.2) is 59.1 Å². The maximum Gasteiger partial charge on any atom is 0.240 e. The number of benzene rings is 1. The second-order valence-corrected chi connectivity index (χ2v) is 7.53. The highest BCUT2D eigenvalue weighted by atomic mass is 32.2. The molecule has 2 N–H and O–H groups in total. The van der Waals surface area contributed by atoms with Crippen molar-refractivity contribution < 1.29 is 17.9 Å². The van der Waals surface area contributed by atoms with E-state index in [1.165, 1.54) is 19.2 Å². The number of hydrogen-bond donors (Lipinski definition) is 2. The molecule has 0 spiro atoms. The molecule has 0 aromatic heterocycles. The first-order valence-electron chi connectivity index (χ1n) is 8.05. The molecule has 2 rings (SSSR count). The summed E-state index contributed by atoms with van der Waals surface area (Å²) in [6.45, 7) is 1.53. The molecule has 1 fully saturated rings. The van der Waals surface area contributed by atoms with Crippen molar-refractivity contribution in [3.63, 3.8) is 0 Å². The number of hydrogen-bond acceptors (Lipinski definition) is 5. The summed E-state index contributed by atoms with van der Waals surface area (Å²) in [7, 11) is -0.163. The van der Waals surface area contributed by atoms with Gasteiger partial charge in [-0.3, -0.25) is 4.79 Å². The lowest BCUT2D eigenvalue weighted by Gasteiger charge is -2.31. The first kappa shape index (κ1) is 18.7. The van der Waals surface area contributed by atoms with Crippen LogP contribution in [0, 0.1) is 0 Å². The average Bonchev–Trinajstić information content (AvgIpc) is 2.61. The Hall–Kier alpha value is -1.64. The van der Waals surface area contributed by atoms with E-state index in [9.17, 15) is 13.2 Å². The van der Waals surface area contributed by atoms with E-state index in [1.54, 1.807) is 17.0 Å². The Morgan fingerprint density at radius 1 is 1.25 bits per heavy atom. The van der Waals surface area contributed by atoms with E-state index in [4.69, 9.17) is 4.74 Å². The topological polar surface area (TPSA) is 87.7 Å². The van der Waals surface area contributed by atoms with Crippen LogP contribution in [0.1, 0.15) is 19.3 Å². The highest BCUT2D eigenvalue weighted by Gasteiger charge is 2.22. The molecule has 0 bridgehead atoms. The molecule has 24 heavy (non-hydrogen) atoms. The molecular weight excluding hydrogens is 330 g/mol. The van der Waals surface area contributed by atoms with Gasteiger partial charge in [-0.05, 0) is 44.2 Å². The van der Waals surface area contributed by atoms with Crippen molar-refractivity contribution in [2.75, 3.05) is 33.8 Å². The predicted molar refractivity (Wildman–Crippen MR) is 91.5 cm³/mol. The number of carbonyl (C=O) groups excluding carboxylic acids is 1. The Kier molecular flexibility index (Phi) is 6.59. The molecular formula is C16H25N3O4S. The van der Waals surface area contributed by atoms with Gasteiger partial charge < -0.3 is 15.0 Å². The molecule has 1 saturated heterocycles. The van der Waals surface area contributed by atoms with Gasteiger partial charge in [0.1, 0.15) is 5.75 Å². The second kappa shape index (κ2) is 8.46. The van der Waals surface area contributed by atoms with Gasteiger partial charge in [-0.15, -0.1) is 0 Å². The van der Waals surface area contributed by atoms with Crippen LogP contribution in [0.3, 0.4) is 0 Å². The number of amides is 1. The Balaban J connectivity index is 1.81. The third kappa shape index (κ3) is 4.93. The van der Waals surface area contributed by atoms with Gasteiger partial charge in [0.05, 0.1) is 12.0 Å². The van der Waals surface area contributed by atoms with E-state index in [-0.39, 0.29) is 23.8 Å². The van der Waals surface area contributed by atoms with Gasteiger partial charge in [0.15, 0.2) is 0 Å². The van der Waals surface area contributed by atoms with Gasteiger partial charge in [0, 0.05) is 32.1 Å². The number of carbonyl (C=O) groups is 1. The van der Waals surface area contributed by atoms with Crippen molar-refractivity contribution in [3.05, 3.63) is 24.3 Å². The quantitative estimate of drug-likeness (QED) is 0.747. The molecule has 0 saturated carbocycles. The zero-order chi connectivity index (χ0) is 17.6. The normalized spacial score (nSPS) is 16.2. The summed E-state index contributed by atoms with van der Waals surface area (Å²) in [5.74, 6) is 0.580. The fourth-order valence-electron chi connectivity index (χ4n) is 2.71. The van der Waals surface area contributed by atoms with Gasteiger partial charge >= 0.3 is 0 Å². The predicted octanol–water partition coefficient (Wildman–Crippen LogP) is 0.574. The first-order valence-corrected chi connectivity index (χ1v) is 9.53. The fraction of sp³-hybridized carbons (Fsp3) is 0.562. The molecule has 8 heteroatoms. The summed E-state index contributed by atoms with van der Waals surface area (Å²) >= 11 is 0. The molecule has 0 atom stereocenters. The Morgan fingerprint density at radius 2 is 1.88 bits per heavy atom. The minimum Gasteiger partial charge on any atom is -0.497 e. The van der Waals surface area contributed by atoms with Crippen molar-refractivity contribution in [1.82, 2.24) is 14.9 Å². The van der Waals surface area contributed by atoms with E-state index >= 15 is 0 Å². The Labute approximate surface area is 143 Å². The lowest BCUT2D eigenvalue weighted by Crippen LogP contribution is -2.44. The number of rotatable bonds is 7. The summed E-state index contributed by atoms with van der Waals surface area (Å²) in [4.78, 5) is 14.1. The lowest BCUT2D eigenvalue weighted by molar-refractivity contribution is -0.132. The highest BCUT2D eigenvalue weighted by Crippen LogP contribution is 2.15. The van der Waals surface area contributed by atoms with Crippen LogP contribution in [0.25, 0.3) is 0 Å². The van der Waals surface area contributed by atoms with Crippen molar-refractivity contribution in [1.29, 1.82) is 0 Å². The van der Waals surface area contributed by atoms with E-state index in [2.05, 4.69) is 10.0 Å². The minimum atomic E-state index is -3.61. The minimum absolute atomic E-state index is 0.0121. The number of piperidine rings is 1. The SMILES string of the molecule is CNC1CCN(C(=O)CCNS(=O)(=O)c2ccc(OC)cc2)CC1. The molecule has 1 aliphatic rings. The van der Waals surface area contributed by atoms with Crippen LogP contribution in [0.15, 0.2) is 29.2 Å². The third-order valence-electron chi connectivity index (χ3n) is 4.26. The Morgan fingerprint density at radius 3 is 2.42 bits per heavy atom. The van der Waals surface area contributed by atoms with E-state index in [1.807, 2.05) is 7.05 Å². The number of sulfonamides is 1. The largest absolute Gasteiger partial charge is 0.497 e. The van der Waals surface area contributed by atoms with Crippen molar-refractivity contribution in [2.24, 2.45) is 0 Å². The number of likely N-dealkylation sites (tertiary alicyclic amines) is 1. The summed E-state index contributed by atoms with van der Waals surface area (Å²) in [5, 5.41) is 3.21. The zero-order valence-corrected chi connectivity index (χ0v) is 14.9. The van der Waals surface area contributed by atoms with Gasteiger partial charge in [-0.2, -0.15) is 0 Å².